The van der Waals surface area contributed by atoms with Gasteiger partial charge < -0.3 is 10.2 Å². The molecule has 0 aliphatic carbocycles. The topological polar surface area (TPSA) is 76.2 Å². The van der Waals surface area contributed by atoms with E-state index >= 15 is 0 Å². The summed E-state index contributed by atoms with van der Waals surface area (Å²) in [5.74, 6) is 0.496. The molecule has 108 valence electrons. The Morgan fingerprint density at radius 3 is 2.42 bits per heavy atom. The molecular formula is C12H23N5O2. The van der Waals surface area contributed by atoms with Crippen LogP contribution in [-0.4, -0.2) is 46.3 Å². The van der Waals surface area contributed by atoms with Crippen LogP contribution in [0.4, 0.5) is 11.5 Å². The van der Waals surface area contributed by atoms with E-state index < -0.39 is 0 Å². The Bertz CT molecular complexity index is 453. The lowest BCUT2D eigenvalue weighted by Crippen LogP contribution is -2.32. The predicted molar refractivity (Wildman–Crippen MR) is 75.6 cm³/mol. The zero-order valence-electron chi connectivity index (χ0n) is 12.5. The number of likely N-dealkylation sites (N-methyl/N-ethyl adjacent to an activating group) is 1. The van der Waals surface area contributed by atoms with Crippen LogP contribution in [0, 0.1) is 10.1 Å². The summed E-state index contributed by atoms with van der Waals surface area (Å²) in [7, 11) is 5.68. The van der Waals surface area contributed by atoms with Gasteiger partial charge in [0.2, 0.25) is 5.82 Å². The number of rotatable bonds is 6. The Kier molecular flexibility index (Phi) is 4.88. The molecule has 1 heterocycles. The highest BCUT2D eigenvalue weighted by Gasteiger charge is 2.28. The zero-order valence-corrected chi connectivity index (χ0v) is 12.5. The second-order valence-electron chi connectivity index (χ2n) is 5.31. The molecule has 7 heteroatoms. The summed E-state index contributed by atoms with van der Waals surface area (Å²) in [6.07, 6.45) is 0. The highest BCUT2D eigenvalue weighted by molar-refractivity contribution is 5.60. The fourth-order valence-corrected chi connectivity index (χ4v) is 1.73. The molecule has 0 saturated carbocycles. The number of nitro groups is 1. The van der Waals surface area contributed by atoms with Gasteiger partial charge >= 0.3 is 5.69 Å². The van der Waals surface area contributed by atoms with E-state index in [-0.39, 0.29) is 22.6 Å². The van der Waals surface area contributed by atoms with Crippen LogP contribution >= 0.6 is 0 Å². The summed E-state index contributed by atoms with van der Waals surface area (Å²) < 4.78 is 1.55. The molecule has 0 amide bonds. The van der Waals surface area contributed by atoms with Crippen molar-refractivity contribution in [3.63, 3.8) is 0 Å². The van der Waals surface area contributed by atoms with Gasteiger partial charge in [-0.15, -0.1) is 0 Å². The van der Waals surface area contributed by atoms with Crippen molar-refractivity contribution in [3.05, 3.63) is 15.8 Å². The molecule has 7 nitrogen and oxygen atoms in total. The minimum atomic E-state index is -0.356. The van der Waals surface area contributed by atoms with E-state index in [1.807, 2.05) is 27.9 Å². The van der Waals surface area contributed by atoms with Crippen molar-refractivity contribution >= 4 is 11.5 Å². The Balaban J connectivity index is 3.03. The first-order valence-electron chi connectivity index (χ1n) is 6.37. The molecule has 0 saturated heterocycles. The minimum absolute atomic E-state index is 0.0217. The number of hydrogen-bond acceptors (Lipinski definition) is 5. The molecule has 1 N–H and O–H groups in total. The van der Waals surface area contributed by atoms with Crippen molar-refractivity contribution in [1.82, 2.24) is 14.7 Å². The van der Waals surface area contributed by atoms with Gasteiger partial charge in [0.15, 0.2) is 0 Å². The molecule has 19 heavy (non-hydrogen) atoms. The van der Waals surface area contributed by atoms with Gasteiger partial charge in [-0.05, 0) is 21.0 Å². The smallest absolute Gasteiger partial charge is 0.334 e. The second kappa shape index (κ2) is 6.01. The van der Waals surface area contributed by atoms with Crippen molar-refractivity contribution < 1.29 is 4.92 Å². The number of aromatic nitrogens is 2. The Morgan fingerprint density at radius 2 is 2.00 bits per heavy atom. The van der Waals surface area contributed by atoms with E-state index in [0.717, 1.165) is 0 Å². The molecule has 0 spiro atoms. The first kappa shape index (κ1) is 15.4. The molecule has 1 aromatic rings. The Labute approximate surface area is 113 Å². The quantitative estimate of drug-likeness (QED) is 0.629. The molecule has 0 aromatic carbocycles. The predicted octanol–water partition coefficient (Wildman–Crippen LogP) is 1.81. The molecule has 0 aliphatic rings. The summed E-state index contributed by atoms with van der Waals surface area (Å²) in [6.45, 7) is 6.49. The van der Waals surface area contributed by atoms with Crippen LogP contribution in [0.25, 0.3) is 0 Å². The standard InChI is InChI=1S/C12H23N5O2/c1-8(2)10-11(17(18)19)12(16(6)14-10)13-7-9(3)15(4)5/h8-9,13H,7H2,1-6H3. The van der Waals surface area contributed by atoms with Crippen molar-refractivity contribution in [1.29, 1.82) is 0 Å². The van der Waals surface area contributed by atoms with Gasteiger partial charge in [0.05, 0.1) is 4.92 Å². The number of hydrogen-bond donors (Lipinski definition) is 1. The summed E-state index contributed by atoms with van der Waals surface area (Å²) >= 11 is 0. The van der Waals surface area contributed by atoms with E-state index in [4.69, 9.17) is 0 Å². The van der Waals surface area contributed by atoms with E-state index in [1.165, 1.54) is 0 Å². The summed E-state index contributed by atoms with van der Waals surface area (Å²) in [5.41, 5.74) is 0.607. The maximum atomic E-state index is 11.2. The third-order valence-electron chi connectivity index (χ3n) is 3.22. The van der Waals surface area contributed by atoms with Crippen LogP contribution in [0.3, 0.4) is 0 Å². The molecule has 1 rings (SSSR count). The largest absolute Gasteiger partial charge is 0.363 e. The fourth-order valence-electron chi connectivity index (χ4n) is 1.73. The van der Waals surface area contributed by atoms with Crippen LogP contribution in [-0.2, 0) is 7.05 Å². The number of nitrogens with zero attached hydrogens (tertiary/aromatic N) is 4. The summed E-state index contributed by atoms with van der Waals surface area (Å²) in [6, 6.07) is 0.275. The van der Waals surface area contributed by atoms with Gasteiger partial charge in [-0.2, -0.15) is 5.10 Å². The van der Waals surface area contributed by atoms with E-state index in [1.54, 1.807) is 11.7 Å². The molecule has 0 fully saturated rings. The molecule has 1 unspecified atom stereocenters. The Hall–Kier alpha value is -1.63. The second-order valence-corrected chi connectivity index (χ2v) is 5.31. The summed E-state index contributed by atoms with van der Waals surface area (Å²) in [5, 5.41) is 18.6. The monoisotopic (exact) mass is 269 g/mol. The highest BCUT2D eigenvalue weighted by Crippen LogP contribution is 2.32. The minimum Gasteiger partial charge on any atom is -0.363 e. The third kappa shape index (κ3) is 3.44. The lowest BCUT2D eigenvalue weighted by atomic mass is 10.1. The van der Waals surface area contributed by atoms with Crippen LogP contribution < -0.4 is 5.32 Å². The molecule has 1 aromatic heterocycles. The molecule has 0 bridgehead atoms. The zero-order chi connectivity index (χ0) is 14.7. The van der Waals surface area contributed by atoms with Crippen LogP contribution in [0.1, 0.15) is 32.4 Å². The maximum absolute atomic E-state index is 11.2. The molecular weight excluding hydrogens is 246 g/mol. The Morgan fingerprint density at radius 1 is 1.42 bits per heavy atom. The summed E-state index contributed by atoms with van der Waals surface area (Å²) in [4.78, 5) is 12.9. The highest BCUT2D eigenvalue weighted by atomic mass is 16.6. The molecule has 0 aliphatic heterocycles. The van der Waals surface area contributed by atoms with Crippen LogP contribution in [0.5, 0.6) is 0 Å². The number of aryl methyl sites for hydroxylation is 1. The lowest BCUT2D eigenvalue weighted by molar-refractivity contribution is -0.384. The van der Waals surface area contributed by atoms with Crippen molar-refractivity contribution in [2.45, 2.75) is 32.7 Å². The van der Waals surface area contributed by atoms with Gasteiger partial charge in [0, 0.05) is 25.6 Å². The fraction of sp³-hybridized carbons (Fsp3) is 0.750. The third-order valence-corrected chi connectivity index (χ3v) is 3.22. The number of nitrogens with one attached hydrogen (secondary N) is 1. The van der Waals surface area contributed by atoms with Gasteiger partial charge in [0.25, 0.3) is 0 Å². The van der Waals surface area contributed by atoms with Gasteiger partial charge in [-0.3, -0.25) is 10.1 Å². The van der Waals surface area contributed by atoms with Crippen molar-refractivity contribution in [2.24, 2.45) is 7.05 Å². The maximum Gasteiger partial charge on any atom is 0.334 e. The first-order valence-corrected chi connectivity index (χ1v) is 6.37. The van der Waals surface area contributed by atoms with Crippen molar-refractivity contribution in [3.8, 4) is 0 Å². The van der Waals surface area contributed by atoms with E-state index in [0.29, 0.717) is 18.1 Å². The SMILES string of the molecule is CC(C)c1nn(C)c(NCC(C)N(C)C)c1[N+](=O)[O-]. The first-order chi connectivity index (χ1) is 8.75. The molecule has 0 radical (unpaired) electrons. The average Bonchev–Trinajstić information content (AvgIpc) is 2.63. The number of anilines is 1. The average molecular weight is 269 g/mol. The van der Waals surface area contributed by atoms with Crippen LogP contribution in [0.2, 0.25) is 0 Å². The molecule has 1 atom stereocenters. The van der Waals surface area contributed by atoms with Gasteiger partial charge in [-0.1, -0.05) is 13.8 Å². The van der Waals surface area contributed by atoms with Gasteiger partial charge in [-0.25, -0.2) is 4.68 Å². The van der Waals surface area contributed by atoms with Crippen molar-refractivity contribution in [2.75, 3.05) is 26.0 Å². The van der Waals surface area contributed by atoms with E-state index in [2.05, 4.69) is 22.2 Å². The normalized spacial score (nSPS) is 13.1. The lowest BCUT2D eigenvalue weighted by Gasteiger charge is -2.20. The van der Waals surface area contributed by atoms with Gasteiger partial charge in [0.1, 0.15) is 5.69 Å². The van der Waals surface area contributed by atoms with Crippen LogP contribution in [0.15, 0.2) is 0 Å². The van der Waals surface area contributed by atoms with E-state index in [9.17, 15) is 10.1 Å².